The Labute approximate surface area is 145 Å². The van der Waals surface area contributed by atoms with Crippen LogP contribution in [0.5, 0.6) is 0 Å². The molecule has 0 bridgehead atoms. The summed E-state index contributed by atoms with van der Waals surface area (Å²) in [6, 6.07) is 4.80. The van der Waals surface area contributed by atoms with Crippen LogP contribution in [-0.4, -0.2) is 30.1 Å². The first-order valence-corrected chi connectivity index (χ1v) is 7.74. The fraction of sp³-hybridized carbons (Fsp3) is 0.625. The van der Waals surface area contributed by atoms with Gasteiger partial charge in [0.25, 0.3) is 0 Å². The molecular formula is C16H27IN4. The van der Waals surface area contributed by atoms with E-state index in [1.165, 1.54) is 31.2 Å². The third kappa shape index (κ3) is 6.63. The van der Waals surface area contributed by atoms with Crippen molar-refractivity contribution < 1.29 is 0 Å². The van der Waals surface area contributed by atoms with Crippen LogP contribution in [0.4, 0.5) is 0 Å². The molecule has 1 aromatic rings. The fourth-order valence-corrected chi connectivity index (χ4v) is 2.53. The van der Waals surface area contributed by atoms with E-state index in [2.05, 4.69) is 39.7 Å². The second kappa shape index (κ2) is 9.97. The minimum Gasteiger partial charge on any atom is -0.357 e. The molecule has 0 radical (unpaired) electrons. The largest absolute Gasteiger partial charge is 0.357 e. The number of nitrogens with zero attached hydrogens (tertiary/aromatic N) is 2. The molecule has 118 valence electrons. The molecule has 0 unspecified atom stereocenters. The first kappa shape index (κ1) is 18.2. The molecule has 0 amide bonds. The van der Waals surface area contributed by atoms with Crippen molar-refractivity contribution >= 4 is 29.9 Å². The number of pyridine rings is 1. The molecule has 21 heavy (non-hydrogen) atoms. The van der Waals surface area contributed by atoms with Crippen LogP contribution in [0.3, 0.4) is 0 Å². The van der Waals surface area contributed by atoms with Crippen LogP contribution < -0.4 is 10.6 Å². The Morgan fingerprint density at radius 3 is 2.71 bits per heavy atom. The van der Waals surface area contributed by atoms with Crippen molar-refractivity contribution in [3.63, 3.8) is 0 Å². The van der Waals surface area contributed by atoms with Crippen molar-refractivity contribution in [3.8, 4) is 0 Å². The van der Waals surface area contributed by atoms with Crippen molar-refractivity contribution in [2.45, 2.75) is 52.0 Å². The lowest BCUT2D eigenvalue weighted by Crippen LogP contribution is -2.42. The summed E-state index contributed by atoms with van der Waals surface area (Å²) in [5.74, 6) is 0.958. The van der Waals surface area contributed by atoms with Gasteiger partial charge in [-0.1, -0.05) is 18.9 Å². The third-order valence-corrected chi connectivity index (χ3v) is 3.68. The molecule has 0 aromatic carbocycles. The van der Waals surface area contributed by atoms with Crippen LogP contribution in [0.25, 0.3) is 0 Å². The predicted molar refractivity (Wildman–Crippen MR) is 99.5 cm³/mol. The summed E-state index contributed by atoms with van der Waals surface area (Å²) < 4.78 is 0. The number of aliphatic imine (C=N–C) groups is 1. The molecule has 4 nitrogen and oxygen atoms in total. The van der Waals surface area contributed by atoms with Crippen LogP contribution in [0, 0.1) is 6.92 Å². The van der Waals surface area contributed by atoms with Gasteiger partial charge >= 0.3 is 0 Å². The molecule has 1 heterocycles. The standard InChI is InChI=1S/C16H26N4.HI/c1-3-17-16(20-15-6-4-5-7-15)18-11-10-14-9-8-13(2)19-12-14;/h8-9,12,15H,3-7,10-11H2,1-2H3,(H2,17,18,20);1H. The third-order valence-electron chi connectivity index (χ3n) is 3.68. The molecule has 1 fully saturated rings. The lowest BCUT2D eigenvalue weighted by Gasteiger charge is -2.16. The molecule has 1 aromatic heterocycles. The SMILES string of the molecule is CCNC(=NCCc1ccc(C)nc1)NC1CCCC1.I. The zero-order valence-electron chi connectivity index (χ0n) is 13.1. The van der Waals surface area contributed by atoms with E-state index >= 15 is 0 Å². The number of aromatic nitrogens is 1. The number of hydrogen-bond donors (Lipinski definition) is 2. The van der Waals surface area contributed by atoms with E-state index in [1.807, 2.05) is 13.1 Å². The van der Waals surface area contributed by atoms with Gasteiger partial charge in [-0.05, 0) is 44.7 Å². The molecule has 2 N–H and O–H groups in total. The van der Waals surface area contributed by atoms with Crippen LogP contribution in [0.2, 0.25) is 0 Å². The summed E-state index contributed by atoms with van der Waals surface area (Å²) in [7, 11) is 0. The van der Waals surface area contributed by atoms with Crippen molar-refractivity contribution in [2.24, 2.45) is 4.99 Å². The van der Waals surface area contributed by atoms with Crippen LogP contribution in [0.15, 0.2) is 23.3 Å². The summed E-state index contributed by atoms with van der Waals surface area (Å²) in [4.78, 5) is 8.98. The van der Waals surface area contributed by atoms with E-state index in [0.29, 0.717) is 6.04 Å². The smallest absolute Gasteiger partial charge is 0.191 e. The van der Waals surface area contributed by atoms with E-state index < -0.39 is 0 Å². The van der Waals surface area contributed by atoms with Gasteiger partial charge in [0.2, 0.25) is 0 Å². The molecule has 2 rings (SSSR count). The Kier molecular flexibility index (Phi) is 8.64. The van der Waals surface area contributed by atoms with Gasteiger partial charge in [0.15, 0.2) is 5.96 Å². The maximum Gasteiger partial charge on any atom is 0.191 e. The molecule has 5 heteroatoms. The molecule has 1 saturated carbocycles. The highest BCUT2D eigenvalue weighted by molar-refractivity contribution is 14.0. The highest BCUT2D eigenvalue weighted by atomic mass is 127. The number of hydrogen-bond acceptors (Lipinski definition) is 2. The monoisotopic (exact) mass is 402 g/mol. The van der Waals surface area contributed by atoms with E-state index in [1.54, 1.807) is 0 Å². The average Bonchev–Trinajstić information content (AvgIpc) is 2.94. The molecule has 0 aliphatic heterocycles. The van der Waals surface area contributed by atoms with Crippen molar-refractivity contribution in [1.29, 1.82) is 0 Å². The fourth-order valence-electron chi connectivity index (χ4n) is 2.53. The summed E-state index contributed by atoms with van der Waals surface area (Å²) in [5, 5.41) is 6.86. The lowest BCUT2D eigenvalue weighted by molar-refractivity contribution is 0.614. The number of rotatable bonds is 5. The van der Waals surface area contributed by atoms with Gasteiger partial charge in [-0.25, -0.2) is 0 Å². The highest BCUT2D eigenvalue weighted by Crippen LogP contribution is 2.17. The number of nitrogens with one attached hydrogen (secondary N) is 2. The second-order valence-electron chi connectivity index (χ2n) is 5.44. The van der Waals surface area contributed by atoms with Gasteiger partial charge in [-0.2, -0.15) is 0 Å². The van der Waals surface area contributed by atoms with Crippen LogP contribution in [-0.2, 0) is 6.42 Å². The van der Waals surface area contributed by atoms with E-state index in [-0.39, 0.29) is 24.0 Å². The van der Waals surface area contributed by atoms with Gasteiger partial charge < -0.3 is 10.6 Å². The molecule has 0 atom stereocenters. The van der Waals surface area contributed by atoms with Crippen molar-refractivity contribution in [2.75, 3.05) is 13.1 Å². The average molecular weight is 402 g/mol. The predicted octanol–water partition coefficient (Wildman–Crippen LogP) is 3.05. The number of halogens is 1. The van der Waals surface area contributed by atoms with Crippen LogP contribution in [0.1, 0.15) is 43.9 Å². The van der Waals surface area contributed by atoms with Crippen molar-refractivity contribution in [1.82, 2.24) is 15.6 Å². The van der Waals surface area contributed by atoms with Gasteiger partial charge in [-0.3, -0.25) is 9.98 Å². The van der Waals surface area contributed by atoms with Gasteiger partial charge in [0.05, 0.1) is 0 Å². The van der Waals surface area contributed by atoms with Crippen molar-refractivity contribution in [3.05, 3.63) is 29.6 Å². The summed E-state index contributed by atoms with van der Waals surface area (Å²) in [5.41, 5.74) is 2.31. The minimum absolute atomic E-state index is 0. The maximum atomic E-state index is 4.66. The normalized spacial score (nSPS) is 15.6. The molecule has 1 aliphatic rings. The Morgan fingerprint density at radius 1 is 1.33 bits per heavy atom. The van der Waals surface area contributed by atoms with Gasteiger partial charge in [-0.15, -0.1) is 24.0 Å². The summed E-state index contributed by atoms with van der Waals surface area (Å²) in [6.45, 7) is 5.82. The molecule has 0 saturated heterocycles. The Balaban J connectivity index is 0.00000220. The zero-order valence-corrected chi connectivity index (χ0v) is 15.4. The quantitative estimate of drug-likeness (QED) is 0.452. The van der Waals surface area contributed by atoms with E-state index in [0.717, 1.165) is 31.2 Å². The highest BCUT2D eigenvalue weighted by Gasteiger charge is 2.15. The Hall–Kier alpha value is -0.850. The topological polar surface area (TPSA) is 49.3 Å². The van der Waals surface area contributed by atoms with E-state index in [9.17, 15) is 0 Å². The Morgan fingerprint density at radius 2 is 2.10 bits per heavy atom. The molecule has 1 aliphatic carbocycles. The van der Waals surface area contributed by atoms with Crippen LogP contribution >= 0.6 is 24.0 Å². The van der Waals surface area contributed by atoms with Gasteiger partial charge in [0.1, 0.15) is 0 Å². The lowest BCUT2D eigenvalue weighted by atomic mass is 10.2. The number of guanidine groups is 1. The zero-order chi connectivity index (χ0) is 14.2. The summed E-state index contributed by atoms with van der Waals surface area (Å²) in [6.07, 6.45) is 8.10. The minimum atomic E-state index is 0. The summed E-state index contributed by atoms with van der Waals surface area (Å²) >= 11 is 0. The Bertz CT molecular complexity index is 424. The number of aryl methyl sites for hydroxylation is 1. The first-order chi connectivity index (χ1) is 9.78. The van der Waals surface area contributed by atoms with E-state index in [4.69, 9.17) is 0 Å². The second-order valence-corrected chi connectivity index (χ2v) is 5.44. The first-order valence-electron chi connectivity index (χ1n) is 7.74. The molecular weight excluding hydrogens is 375 g/mol. The maximum absolute atomic E-state index is 4.66. The molecule has 0 spiro atoms. The van der Waals surface area contributed by atoms with Gasteiger partial charge in [0, 0.05) is 31.0 Å².